The minimum absolute atomic E-state index is 0.0331. The fraction of sp³-hybridized carbons (Fsp3) is 0.581. The van der Waals surface area contributed by atoms with Gasteiger partial charge in [-0.3, -0.25) is 4.79 Å². The van der Waals surface area contributed by atoms with Crippen molar-refractivity contribution < 1.29 is 27.4 Å². The SMILES string of the molecule is C[C@@H](O)CNC[C@H](CCc1c(F)cccc1CC(=O)[C@@H](N=[N+]=[N-])[C@@H](c1ccc(Cl)cc1)C1CCOCC1)NS(=O)(=O)C1CC1. The van der Waals surface area contributed by atoms with Gasteiger partial charge in [-0.1, -0.05) is 41.0 Å². The maximum atomic E-state index is 15.3. The van der Waals surface area contributed by atoms with E-state index in [0.717, 1.165) is 5.56 Å². The Morgan fingerprint density at radius 3 is 2.50 bits per heavy atom. The zero-order valence-electron chi connectivity index (χ0n) is 24.9. The van der Waals surface area contributed by atoms with Crippen molar-refractivity contribution in [1.82, 2.24) is 10.0 Å². The van der Waals surface area contributed by atoms with Crippen molar-refractivity contribution in [1.29, 1.82) is 0 Å². The summed E-state index contributed by atoms with van der Waals surface area (Å²) in [6.45, 7) is 3.24. The monoisotopic (exact) mass is 649 g/mol. The van der Waals surface area contributed by atoms with Crippen LogP contribution in [-0.2, 0) is 32.4 Å². The average Bonchev–Trinajstić information content (AvgIpc) is 3.84. The number of Topliss-reactive ketones (excluding diaryl/α,β-unsaturated/α-hetero) is 1. The lowest BCUT2D eigenvalue weighted by Crippen LogP contribution is -2.44. The molecule has 1 heterocycles. The van der Waals surface area contributed by atoms with Gasteiger partial charge in [0.2, 0.25) is 10.0 Å². The number of halogens is 2. The second-order valence-electron chi connectivity index (χ2n) is 11.8. The molecule has 44 heavy (non-hydrogen) atoms. The Bertz CT molecular complexity index is 1410. The van der Waals surface area contributed by atoms with Crippen molar-refractivity contribution in [2.75, 3.05) is 26.3 Å². The molecule has 4 atom stereocenters. The van der Waals surface area contributed by atoms with E-state index in [1.54, 1.807) is 25.1 Å². The number of ether oxygens (including phenoxy) is 1. The summed E-state index contributed by atoms with van der Waals surface area (Å²) in [4.78, 5) is 17.0. The number of sulfonamides is 1. The Labute approximate surface area is 263 Å². The molecule has 0 unspecified atom stereocenters. The number of hydrogen-bond acceptors (Lipinski definition) is 7. The maximum Gasteiger partial charge on any atom is 0.214 e. The number of aliphatic hydroxyl groups excluding tert-OH is 1. The highest BCUT2D eigenvalue weighted by molar-refractivity contribution is 7.90. The van der Waals surface area contributed by atoms with Crippen LogP contribution in [0.5, 0.6) is 0 Å². The highest BCUT2D eigenvalue weighted by Crippen LogP contribution is 2.38. The van der Waals surface area contributed by atoms with Crippen LogP contribution < -0.4 is 10.0 Å². The van der Waals surface area contributed by atoms with Crippen LogP contribution in [0.2, 0.25) is 5.02 Å². The van der Waals surface area contributed by atoms with E-state index in [2.05, 4.69) is 20.1 Å². The molecule has 2 aromatic carbocycles. The van der Waals surface area contributed by atoms with Gasteiger partial charge in [0.05, 0.1) is 11.4 Å². The smallest absolute Gasteiger partial charge is 0.214 e. The number of nitrogens with zero attached hydrogens (tertiary/aromatic N) is 3. The van der Waals surface area contributed by atoms with E-state index >= 15 is 4.39 Å². The molecule has 0 bridgehead atoms. The van der Waals surface area contributed by atoms with Crippen molar-refractivity contribution >= 4 is 27.4 Å². The molecule has 1 aliphatic heterocycles. The lowest BCUT2D eigenvalue weighted by atomic mass is 9.75. The van der Waals surface area contributed by atoms with E-state index in [4.69, 9.17) is 16.3 Å². The third-order valence-corrected chi connectivity index (χ3v) is 10.6. The zero-order valence-corrected chi connectivity index (χ0v) is 26.4. The van der Waals surface area contributed by atoms with Crippen molar-refractivity contribution in [2.24, 2.45) is 11.0 Å². The van der Waals surface area contributed by atoms with Gasteiger partial charge in [0, 0.05) is 54.6 Å². The Kier molecular flexibility index (Phi) is 12.6. The molecule has 0 amide bonds. The minimum Gasteiger partial charge on any atom is -0.392 e. The lowest BCUT2D eigenvalue weighted by Gasteiger charge is -2.34. The normalized spacial score (nSPS) is 18.6. The van der Waals surface area contributed by atoms with Gasteiger partial charge < -0.3 is 15.2 Å². The molecule has 3 N–H and O–H groups in total. The van der Waals surface area contributed by atoms with Gasteiger partial charge in [-0.25, -0.2) is 17.5 Å². The van der Waals surface area contributed by atoms with Gasteiger partial charge >= 0.3 is 0 Å². The number of ketones is 1. The fourth-order valence-corrected chi connectivity index (χ4v) is 7.64. The topological polar surface area (TPSA) is 153 Å². The van der Waals surface area contributed by atoms with E-state index < -0.39 is 45.2 Å². The molecule has 13 heteroatoms. The zero-order chi connectivity index (χ0) is 31.7. The molecule has 0 aromatic heterocycles. The highest BCUT2D eigenvalue weighted by Gasteiger charge is 2.38. The second-order valence-corrected chi connectivity index (χ2v) is 14.2. The van der Waals surface area contributed by atoms with E-state index in [1.165, 1.54) is 12.1 Å². The molecule has 1 saturated heterocycles. The summed E-state index contributed by atoms with van der Waals surface area (Å²) in [7, 11) is -3.51. The number of nitrogens with one attached hydrogen (secondary N) is 2. The summed E-state index contributed by atoms with van der Waals surface area (Å²) in [6.07, 6.45) is 2.31. The summed E-state index contributed by atoms with van der Waals surface area (Å²) in [6, 6.07) is 10.2. The van der Waals surface area contributed by atoms with Crippen molar-refractivity contribution in [2.45, 2.75) is 81.2 Å². The van der Waals surface area contributed by atoms with Crippen LogP contribution in [0.25, 0.3) is 10.4 Å². The van der Waals surface area contributed by atoms with Gasteiger partial charge in [0.1, 0.15) is 17.6 Å². The van der Waals surface area contributed by atoms with E-state index in [0.29, 0.717) is 55.0 Å². The summed E-state index contributed by atoms with van der Waals surface area (Å²) in [5, 5.41) is 16.8. The van der Waals surface area contributed by atoms with Crippen molar-refractivity contribution in [3.63, 3.8) is 0 Å². The third kappa shape index (κ3) is 9.71. The number of hydrogen-bond donors (Lipinski definition) is 3. The van der Waals surface area contributed by atoms with Crippen LogP contribution in [0.4, 0.5) is 4.39 Å². The maximum absolute atomic E-state index is 15.3. The molecule has 2 fully saturated rings. The Balaban J connectivity index is 1.55. The predicted molar refractivity (Wildman–Crippen MR) is 168 cm³/mol. The molecule has 10 nitrogen and oxygen atoms in total. The summed E-state index contributed by atoms with van der Waals surface area (Å²) < 4.78 is 49.0. The van der Waals surface area contributed by atoms with E-state index in [-0.39, 0.29) is 44.1 Å². The van der Waals surface area contributed by atoms with Gasteiger partial charge in [-0.2, -0.15) is 0 Å². The quantitative estimate of drug-likeness (QED) is 0.127. The fourth-order valence-electron chi connectivity index (χ4n) is 5.90. The van der Waals surface area contributed by atoms with Crippen LogP contribution in [0.1, 0.15) is 61.6 Å². The summed E-state index contributed by atoms with van der Waals surface area (Å²) >= 11 is 6.14. The number of carbonyl (C=O) groups is 1. The lowest BCUT2D eigenvalue weighted by molar-refractivity contribution is -0.120. The minimum atomic E-state index is -3.51. The molecular formula is C31H41ClFN5O5S. The molecule has 2 aliphatic rings. The number of aliphatic hydroxyl groups is 1. The van der Waals surface area contributed by atoms with Crippen molar-refractivity contribution in [3.8, 4) is 0 Å². The van der Waals surface area contributed by atoms with Crippen LogP contribution in [-0.4, -0.2) is 69.0 Å². The Morgan fingerprint density at radius 2 is 1.86 bits per heavy atom. The third-order valence-electron chi connectivity index (χ3n) is 8.32. The highest BCUT2D eigenvalue weighted by atomic mass is 35.5. The van der Waals surface area contributed by atoms with Gasteiger partial charge in [0.15, 0.2) is 0 Å². The Morgan fingerprint density at radius 1 is 1.16 bits per heavy atom. The molecule has 2 aromatic rings. The number of benzene rings is 2. The van der Waals surface area contributed by atoms with Crippen molar-refractivity contribution in [3.05, 3.63) is 80.4 Å². The molecule has 0 spiro atoms. The summed E-state index contributed by atoms with van der Waals surface area (Å²) in [5.41, 5.74) is 11.1. The largest absolute Gasteiger partial charge is 0.392 e. The van der Waals surface area contributed by atoms with Crippen LogP contribution in [0.15, 0.2) is 47.6 Å². The van der Waals surface area contributed by atoms with Crippen LogP contribution in [0.3, 0.4) is 0 Å². The molecule has 1 saturated carbocycles. The second kappa shape index (κ2) is 16.1. The molecule has 1 aliphatic carbocycles. The summed E-state index contributed by atoms with van der Waals surface area (Å²) in [5.74, 6) is -1.19. The standard InChI is InChI=1S/C31H41ClFN5O5S/c1-20(39)18-35-19-25(37-44(41,42)26-10-11-26)9-12-27-23(3-2-4-28(27)33)17-29(40)31(36-38-34)30(22-13-15-43-16-14-22)21-5-7-24(32)8-6-21/h2-8,20,22,25-26,30-31,35,37,39H,9-19H2,1H3/t20-,25+,30+,31-/m1/s1. The first-order chi connectivity index (χ1) is 21.1. The number of rotatable bonds is 17. The van der Waals surface area contributed by atoms with Gasteiger partial charge in [-0.05, 0) is 91.8 Å². The molecule has 240 valence electrons. The number of azide groups is 1. The average molecular weight is 650 g/mol. The molecule has 0 radical (unpaired) electrons. The Hall–Kier alpha value is -2.57. The van der Waals surface area contributed by atoms with Gasteiger partial charge in [-0.15, -0.1) is 0 Å². The predicted octanol–water partition coefficient (Wildman–Crippen LogP) is 4.83. The van der Waals surface area contributed by atoms with Crippen LogP contribution >= 0.6 is 11.6 Å². The number of carbonyl (C=O) groups excluding carboxylic acids is 1. The first kappa shape index (κ1) is 34.3. The van der Waals surface area contributed by atoms with Crippen LogP contribution in [0, 0.1) is 11.7 Å². The molecule has 4 rings (SSSR count). The first-order valence-electron chi connectivity index (χ1n) is 15.1. The van der Waals surface area contributed by atoms with E-state index in [9.17, 15) is 23.8 Å². The van der Waals surface area contributed by atoms with Gasteiger partial charge in [0.25, 0.3) is 0 Å². The molecular weight excluding hydrogens is 609 g/mol. The first-order valence-corrected chi connectivity index (χ1v) is 17.1. The van der Waals surface area contributed by atoms with E-state index in [1.807, 2.05) is 12.1 Å².